The van der Waals surface area contributed by atoms with Gasteiger partial charge in [-0.2, -0.15) is 0 Å². The van der Waals surface area contributed by atoms with Crippen LogP contribution >= 0.6 is 0 Å². The molecule has 3 aromatic carbocycles. The molecule has 2 aliphatic heterocycles. The number of ether oxygens (including phenoxy) is 2. The maximum atomic E-state index is 13.2. The Hall–Kier alpha value is -4.24. The van der Waals surface area contributed by atoms with E-state index in [1.54, 1.807) is 12.1 Å². The number of sulfonamides is 1. The van der Waals surface area contributed by atoms with Crippen LogP contribution in [0.25, 0.3) is 0 Å². The summed E-state index contributed by atoms with van der Waals surface area (Å²) in [4.78, 5) is 29.0. The Balaban J connectivity index is 0.918. The maximum absolute atomic E-state index is 13.2. The predicted molar refractivity (Wildman–Crippen MR) is 215 cm³/mol. The largest absolute Gasteiger partial charge is 0.491 e. The number of nitrogens with one attached hydrogen (secondary N) is 2. The number of morpholine rings is 1. The zero-order valence-electron chi connectivity index (χ0n) is 32.6. The van der Waals surface area contributed by atoms with Crippen molar-refractivity contribution in [1.29, 1.82) is 0 Å². The molecule has 2 saturated carbocycles. The monoisotopic (exact) mass is 789 g/mol. The van der Waals surface area contributed by atoms with Crippen LogP contribution in [0, 0.1) is 21.4 Å². The van der Waals surface area contributed by atoms with Gasteiger partial charge in [-0.1, -0.05) is 18.2 Å². The molecule has 0 bridgehead atoms. The van der Waals surface area contributed by atoms with Crippen molar-refractivity contribution in [2.75, 3.05) is 49.6 Å². The van der Waals surface area contributed by atoms with Gasteiger partial charge in [0.1, 0.15) is 11.4 Å². The van der Waals surface area contributed by atoms with Crippen LogP contribution < -0.4 is 19.7 Å². The Labute approximate surface area is 329 Å². The second-order valence-electron chi connectivity index (χ2n) is 16.8. The van der Waals surface area contributed by atoms with Gasteiger partial charge in [-0.3, -0.25) is 19.8 Å². The van der Waals surface area contributed by atoms with E-state index in [1.807, 2.05) is 25.1 Å². The van der Waals surface area contributed by atoms with Crippen molar-refractivity contribution in [3.8, 4) is 5.75 Å². The molecule has 3 aromatic rings. The average molecular weight is 790 g/mol. The van der Waals surface area contributed by atoms with Crippen LogP contribution in [0.5, 0.6) is 5.75 Å². The van der Waals surface area contributed by atoms with E-state index in [9.17, 15) is 28.4 Å². The van der Waals surface area contributed by atoms with E-state index >= 15 is 0 Å². The summed E-state index contributed by atoms with van der Waals surface area (Å²) < 4.78 is 40.7. The highest BCUT2D eigenvalue weighted by Crippen LogP contribution is 2.53. The second-order valence-corrected chi connectivity index (χ2v) is 18.5. The average Bonchev–Trinajstić information content (AvgIpc) is 3.16. The van der Waals surface area contributed by atoms with E-state index in [0.717, 1.165) is 82.3 Å². The summed E-state index contributed by atoms with van der Waals surface area (Å²) in [5.41, 5.74) is 1.78. The van der Waals surface area contributed by atoms with Crippen LogP contribution in [0.2, 0.25) is 0 Å². The lowest BCUT2D eigenvalue weighted by molar-refractivity contribution is -0.384. The van der Waals surface area contributed by atoms with Gasteiger partial charge in [0.2, 0.25) is 0 Å². The van der Waals surface area contributed by atoms with Gasteiger partial charge in [-0.05, 0) is 126 Å². The highest BCUT2D eigenvalue weighted by molar-refractivity contribution is 7.90. The summed E-state index contributed by atoms with van der Waals surface area (Å²) in [6, 6.07) is 19.5. The fourth-order valence-electron chi connectivity index (χ4n) is 9.06. The molecule has 13 nitrogen and oxygen atoms in total. The third kappa shape index (κ3) is 8.98. The normalized spacial score (nSPS) is 24.4. The van der Waals surface area contributed by atoms with Gasteiger partial charge >= 0.3 is 0 Å². The fourth-order valence-corrected chi connectivity index (χ4v) is 10.1. The molecule has 7 rings (SSSR count). The smallest absolute Gasteiger partial charge is 0.293 e. The van der Waals surface area contributed by atoms with Crippen molar-refractivity contribution in [3.63, 3.8) is 0 Å². The number of aliphatic hydroxyl groups is 1. The number of nitro benzene ring substituents is 1. The molecule has 56 heavy (non-hydrogen) atoms. The topological polar surface area (TPSA) is 164 Å². The first-order chi connectivity index (χ1) is 26.7. The number of piperidine rings is 1. The van der Waals surface area contributed by atoms with Crippen LogP contribution in [0.15, 0.2) is 71.6 Å². The first kappa shape index (κ1) is 40.0. The van der Waals surface area contributed by atoms with Crippen molar-refractivity contribution < 1.29 is 32.7 Å². The van der Waals surface area contributed by atoms with Crippen molar-refractivity contribution in [3.05, 3.63) is 88.0 Å². The number of hydrogen-bond donors (Lipinski definition) is 3. The van der Waals surface area contributed by atoms with Crippen LogP contribution in [0.4, 0.5) is 17.1 Å². The zero-order chi connectivity index (χ0) is 39.7. The van der Waals surface area contributed by atoms with Gasteiger partial charge in [0.25, 0.3) is 21.6 Å². The molecule has 0 unspecified atom stereocenters. The zero-order valence-corrected chi connectivity index (χ0v) is 33.4. The first-order valence-electron chi connectivity index (χ1n) is 20.0. The molecule has 2 aliphatic carbocycles. The molecule has 4 fully saturated rings. The van der Waals surface area contributed by atoms with Crippen LogP contribution in [-0.4, -0.2) is 86.4 Å². The molecule has 4 aliphatic rings. The number of amides is 1. The third-order valence-electron chi connectivity index (χ3n) is 12.4. The summed E-state index contributed by atoms with van der Waals surface area (Å²) in [5.74, 6) is 0.357. The Morgan fingerprint density at radius 2 is 1.71 bits per heavy atom. The van der Waals surface area contributed by atoms with E-state index in [1.165, 1.54) is 17.7 Å². The van der Waals surface area contributed by atoms with Crippen molar-refractivity contribution in [1.82, 2.24) is 9.62 Å². The molecule has 302 valence electrons. The van der Waals surface area contributed by atoms with Gasteiger partial charge in [0, 0.05) is 55.1 Å². The molecule has 2 heterocycles. The van der Waals surface area contributed by atoms with Crippen LogP contribution in [0.3, 0.4) is 0 Å². The highest BCUT2D eigenvalue weighted by atomic mass is 32.2. The summed E-state index contributed by atoms with van der Waals surface area (Å²) >= 11 is 0. The van der Waals surface area contributed by atoms with Gasteiger partial charge < -0.3 is 24.8 Å². The second kappa shape index (κ2) is 16.3. The van der Waals surface area contributed by atoms with E-state index in [-0.39, 0.29) is 34.2 Å². The minimum absolute atomic E-state index is 0.0968. The lowest BCUT2D eigenvalue weighted by atomic mass is 9.59. The number of anilines is 2. The lowest BCUT2D eigenvalue weighted by Crippen LogP contribution is -2.57. The summed E-state index contributed by atoms with van der Waals surface area (Å²) in [5, 5.41) is 25.2. The van der Waals surface area contributed by atoms with Gasteiger partial charge in [0.05, 0.1) is 40.8 Å². The SMILES string of the molecule is CC(C)Oc1ccccc1[C@H]1COCCN1C1CC2(CCN(c3ccc(C(=O)NS(=O)(=O)c4ccc(NCC5CCC(C)(O)CC5)c([N+](=O)[O-])c4)cc3)CC2)C1. The Morgan fingerprint density at radius 3 is 2.39 bits per heavy atom. The molecular formula is C42H55N5O8S. The molecule has 14 heteroatoms. The Kier molecular flexibility index (Phi) is 11.6. The number of carbonyl (C=O) groups excluding carboxylic acids is 1. The Morgan fingerprint density at radius 1 is 1.02 bits per heavy atom. The van der Waals surface area contributed by atoms with Crippen molar-refractivity contribution in [2.24, 2.45) is 11.3 Å². The molecule has 1 spiro atoms. The van der Waals surface area contributed by atoms with Crippen molar-refractivity contribution >= 4 is 33.0 Å². The van der Waals surface area contributed by atoms with Crippen LogP contribution in [-0.2, 0) is 14.8 Å². The standard InChI is InChI=1S/C42H55N5O8S/c1-29(2)55-39-7-5-4-6-35(39)38-28-54-23-22-46(38)33-25-42(26-33)18-20-45(21-19-42)32-10-8-31(9-11-32)40(48)44-56(52,53)34-12-13-36(37(24-34)47(50)51)43-27-30-14-16-41(3,49)17-15-30/h4-13,24,29-30,33,38,43,49H,14-23,25-28H2,1-3H3,(H,44,48)/t30?,38-,41?/m1/s1. The number of hydrogen-bond acceptors (Lipinski definition) is 11. The number of benzene rings is 3. The Bertz CT molecular complexity index is 1980. The molecule has 3 N–H and O–H groups in total. The van der Waals surface area contributed by atoms with Crippen molar-refractivity contribution in [2.45, 2.75) is 101 Å². The number of carbonyl (C=O) groups is 1. The van der Waals surface area contributed by atoms with Gasteiger partial charge in [0.15, 0.2) is 0 Å². The molecular weight excluding hydrogens is 735 g/mol. The van der Waals surface area contributed by atoms with E-state index in [2.05, 4.69) is 51.9 Å². The van der Waals surface area contributed by atoms with Crippen LogP contribution in [0.1, 0.15) is 94.1 Å². The number of para-hydroxylation sites is 1. The lowest BCUT2D eigenvalue weighted by Gasteiger charge is -2.57. The van der Waals surface area contributed by atoms with E-state index in [4.69, 9.17) is 9.47 Å². The molecule has 1 amide bonds. The quantitative estimate of drug-likeness (QED) is 0.133. The van der Waals surface area contributed by atoms with Gasteiger partial charge in [-0.25, -0.2) is 13.1 Å². The molecule has 1 atom stereocenters. The predicted octanol–water partition coefficient (Wildman–Crippen LogP) is 6.68. The fraction of sp³-hybridized carbons (Fsp3) is 0.548. The summed E-state index contributed by atoms with van der Waals surface area (Å²) in [6.45, 7) is 10.5. The first-order valence-corrected chi connectivity index (χ1v) is 21.5. The number of nitro groups is 1. The van der Waals surface area contributed by atoms with Gasteiger partial charge in [-0.15, -0.1) is 0 Å². The van der Waals surface area contributed by atoms with E-state index in [0.29, 0.717) is 37.5 Å². The minimum Gasteiger partial charge on any atom is -0.491 e. The summed E-state index contributed by atoms with van der Waals surface area (Å²) in [7, 11) is -4.39. The number of rotatable bonds is 12. The third-order valence-corrected chi connectivity index (χ3v) is 13.7. The molecule has 0 radical (unpaired) electrons. The highest BCUT2D eigenvalue weighted by Gasteiger charge is 2.49. The minimum atomic E-state index is -4.39. The maximum Gasteiger partial charge on any atom is 0.293 e. The number of nitrogens with zero attached hydrogens (tertiary/aromatic N) is 3. The summed E-state index contributed by atoms with van der Waals surface area (Å²) in [6.07, 6.45) is 7.46. The molecule has 0 aromatic heterocycles. The van der Waals surface area contributed by atoms with E-state index < -0.39 is 32.1 Å². The molecule has 2 saturated heterocycles.